The van der Waals surface area contributed by atoms with Gasteiger partial charge in [0, 0.05) is 32.4 Å². The minimum atomic E-state index is -0.589. The Morgan fingerprint density at radius 3 is 2.36 bits per heavy atom. The molecule has 0 spiro atoms. The van der Waals surface area contributed by atoms with Gasteiger partial charge in [0.2, 0.25) is 5.91 Å². The molecule has 1 aromatic heterocycles. The Morgan fingerprint density at radius 2 is 1.64 bits per heavy atom. The molecule has 0 radical (unpaired) electrons. The number of rotatable bonds is 9. The lowest BCUT2D eigenvalue weighted by Gasteiger charge is -2.29. The summed E-state index contributed by atoms with van der Waals surface area (Å²) in [6, 6.07) is 33.4. The zero-order valence-electron chi connectivity index (χ0n) is 23.3. The minimum Gasteiger partial charge on any atom is -0.353 e. The number of dihydropyridines is 1. The van der Waals surface area contributed by atoms with Crippen LogP contribution in [0.15, 0.2) is 119 Å². The largest absolute Gasteiger partial charge is 0.353 e. The second-order valence-electron chi connectivity index (χ2n) is 9.73. The van der Waals surface area contributed by atoms with Crippen molar-refractivity contribution < 1.29 is 9.59 Å². The van der Waals surface area contributed by atoms with E-state index >= 15 is 0 Å². The van der Waals surface area contributed by atoms with Crippen molar-refractivity contribution in [2.45, 2.75) is 26.2 Å². The van der Waals surface area contributed by atoms with E-state index in [9.17, 15) is 14.9 Å². The van der Waals surface area contributed by atoms with Crippen LogP contribution in [-0.2, 0) is 16.0 Å². The molecule has 42 heavy (non-hydrogen) atoms. The third-order valence-corrected chi connectivity index (χ3v) is 9.08. The van der Waals surface area contributed by atoms with Crippen LogP contribution in [0.4, 0.5) is 11.4 Å². The van der Waals surface area contributed by atoms with Gasteiger partial charge in [0.05, 0.1) is 28.3 Å². The highest BCUT2D eigenvalue weighted by Gasteiger charge is 2.36. The van der Waals surface area contributed by atoms with Crippen LogP contribution in [0.5, 0.6) is 0 Å². The second kappa shape index (κ2) is 13.4. The molecule has 1 atom stereocenters. The van der Waals surface area contributed by atoms with Crippen LogP contribution in [0.2, 0.25) is 0 Å². The standard InChI is InChI=1S/C34H30N4O2S2/c1-3-23-11-10-16-26(19-23)37-30(39)21-41-34-27(20-35)32(29-18-17-28(42-29)24-12-6-4-7-13-24)31(22(2)36-34)33(40)38-25-14-8-5-9-15-25/h4-19,32,36H,3,21H2,1-2H3,(H,37,39)(H,38,40). The van der Waals surface area contributed by atoms with Crippen molar-refractivity contribution in [1.82, 2.24) is 5.32 Å². The highest BCUT2D eigenvalue weighted by atomic mass is 32.2. The molecule has 5 rings (SSSR count). The van der Waals surface area contributed by atoms with Crippen LogP contribution >= 0.6 is 23.1 Å². The number of carbonyl (C=O) groups excluding carboxylic acids is 2. The maximum atomic E-state index is 13.7. The van der Waals surface area contributed by atoms with Gasteiger partial charge in [-0.05, 0) is 60.9 Å². The highest BCUT2D eigenvalue weighted by Crippen LogP contribution is 2.44. The van der Waals surface area contributed by atoms with Crippen molar-refractivity contribution in [1.29, 1.82) is 5.26 Å². The van der Waals surface area contributed by atoms with Crippen molar-refractivity contribution in [3.63, 3.8) is 0 Å². The summed E-state index contributed by atoms with van der Waals surface area (Å²) >= 11 is 2.82. The number of nitrogens with one attached hydrogen (secondary N) is 3. The Labute approximate surface area is 254 Å². The smallest absolute Gasteiger partial charge is 0.254 e. The number of hydrogen-bond acceptors (Lipinski definition) is 6. The van der Waals surface area contributed by atoms with E-state index in [0.29, 0.717) is 27.6 Å². The Balaban J connectivity index is 1.45. The summed E-state index contributed by atoms with van der Waals surface area (Å²) in [7, 11) is 0. The van der Waals surface area contributed by atoms with Crippen LogP contribution in [0.1, 0.15) is 30.2 Å². The van der Waals surface area contributed by atoms with Crippen LogP contribution in [-0.4, -0.2) is 17.6 Å². The molecule has 0 bridgehead atoms. The fourth-order valence-electron chi connectivity index (χ4n) is 4.80. The minimum absolute atomic E-state index is 0.106. The number of anilines is 2. The lowest BCUT2D eigenvalue weighted by atomic mass is 9.86. The number of aryl methyl sites for hydroxylation is 1. The van der Waals surface area contributed by atoms with Gasteiger partial charge in [0.15, 0.2) is 0 Å². The predicted molar refractivity (Wildman–Crippen MR) is 173 cm³/mol. The molecule has 3 N–H and O–H groups in total. The number of hydrogen-bond donors (Lipinski definition) is 3. The third-order valence-electron chi connectivity index (χ3n) is 6.86. The Bertz CT molecular complexity index is 1700. The van der Waals surface area contributed by atoms with Crippen LogP contribution in [0, 0.1) is 11.3 Å². The maximum absolute atomic E-state index is 13.7. The average Bonchev–Trinajstić information content (AvgIpc) is 3.51. The van der Waals surface area contributed by atoms with E-state index in [4.69, 9.17) is 0 Å². The molecule has 1 unspecified atom stereocenters. The van der Waals surface area contributed by atoms with Gasteiger partial charge in [-0.2, -0.15) is 5.26 Å². The normalized spacial score (nSPS) is 14.6. The van der Waals surface area contributed by atoms with E-state index in [2.05, 4.69) is 28.9 Å². The van der Waals surface area contributed by atoms with E-state index in [-0.39, 0.29) is 17.6 Å². The highest BCUT2D eigenvalue weighted by molar-refractivity contribution is 8.03. The molecule has 1 aliphatic heterocycles. The van der Waals surface area contributed by atoms with Gasteiger partial charge in [-0.1, -0.05) is 79.3 Å². The molecule has 0 fully saturated rings. The van der Waals surface area contributed by atoms with Crippen LogP contribution in [0.3, 0.4) is 0 Å². The van der Waals surface area contributed by atoms with E-state index in [1.165, 1.54) is 11.8 Å². The zero-order valence-corrected chi connectivity index (χ0v) is 24.9. The van der Waals surface area contributed by atoms with E-state index in [0.717, 1.165) is 33.0 Å². The summed E-state index contributed by atoms with van der Waals surface area (Å²) in [4.78, 5) is 28.5. The van der Waals surface area contributed by atoms with Gasteiger partial charge in [-0.25, -0.2) is 0 Å². The Morgan fingerprint density at radius 1 is 0.929 bits per heavy atom. The van der Waals surface area contributed by atoms with Gasteiger partial charge in [0.1, 0.15) is 0 Å². The van der Waals surface area contributed by atoms with Crippen molar-refractivity contribution in [2.75, 3.05) is 16.4 Å². The molecule has 210 valence electrons. The Hall–Kier alpha value is -4.58. The second-order valence-corrected chi connectivity index (χ2v) is 11.8. The third kappa shape index (κ3) is 6.65. The fourth-order valence-corrected chi connectivity index (χ4v) is 6.83. The quantitative estimate of drug-likeness (QED) is 0.186. The van der Waals surface area contributed by atoms with Crippen LogP contribution < -0.4 is 16.0 Å². The van der Waals surface area contributed by atoms with Gasteiger partial charge in [-0.15, -0.1) is 11.3 Å². The number of thioether (sulfide) groups is 1. The molecule has 6 nitrogen and oxygen atoms in total. The van der Waals surface area contributed by atoms with Crippen molar-refractivity contribution >= 4 is 46.3 Å². The number of nitriles is 1. The van der Waals surface area contributed by atoms with Crippen LogP contribution in [0.25, 0.3) is 10.4 Å². The first-order chi connectivity index (χ1) is 20.5. The number of amides is 2. The van der Waals surface area contributed by atoms with Crippen molar-refractivity contribution in [3.8, 4) is 16.5 Å². The van der Waals surface area contributed by atoms with E-state index in [1.807, 2.05) is 104 Å². The topological polar surface area (TPSA) is 94.0 Å². The summed E-state index contributed by atoms with van der Waals surface area (Å²) in [6.07, 6.45) is 0.878. The molecule has 0 saturated carbocycles. The van der Waals surface area contributed by atoms with E-state index < -0.39 is 5.92 Å². The summed E-state index contributed by atoms with van der Waals surface area (Å²) in [5.41, 5.74) is 5.14. The first kappa shape index (κ1) is 28.9. The average molecular weight is 591 g/mol. The first-order valence-electron chi connectivity index (χ1n) is 13.6. The summed E-state index contributed by atoms with van der Waals surface area (Å²) in [5.74, 6) is -0.937. The van der Waals surface area contributed by atoms with Gasteiger partial charge >= 0.3 is 0 Å². The van der Waals surface area contributed by atoms with Gasteiger partial charge in [0.25, 0.3) is 5.91 Å². The fraction of sp³-hybridized carbons (Fsp3) is 0.147. The number of benzene rings is 3. The molecule has 0 aliphatic carbocycles. The van der Waals surface area contributed by atoms with Gasteiger partial charge in [-0.3, -0.25) is 9.59 Å². The molecule has 3 aromatic carbocycles. The lowest BCUT2D eigenvalue weighted by Crippen LogP contribution is -2.30. The molecule has 2 amide bonds. The summed E-state index contributed by atoms with van der Waals surface area (Å²) in [6.45, 7) is 3.90. The number of carbonyl (C=O) groups is 2. The maximum Gasteiger partial charge on any atom is 0.254 e. The van der Waals surface area contributed by atoms with Crippen molar-refractivity contribution in [2.24, 2.45) is 0 Å². The number of allylic oxidation sites excluding steroid dienone is 2. The lowest BCUT2D eigenvalue weighted by molar-refractivity contribution is -0.114. The molecule has 4 aromatic rings. The van der Waals surface area contributed by atoms with E-state index in [1.54, 1.807) is 11.3 Å². The predicted octanol–water partition coefficient (Wildman–Crippen LogP) is 7.68. The van der Waals surface area contributed by atoms with Crippen molar-refractivity contribution in [3.05, 3.63) is 129 Å². The summed E-state index contributed by atoms with van der Waals surface area (Å²) in [5, 5.41) is 20.2. The molecular weight excluding hydrogens is 561 g/mol. The number of thiophene rings is 1. The Kier molecular flexibility index (Phi) is 9.22. The molecular formula is C34H30N4O2S2. The van der Waals surface area contributed by atoms with Gasteiger partial charge < -0.3 is 16.0 Å². The number of nitrogens with zero attached hydrogens (tertiary/aromatic N) is 1. The summed E-state index contributed by atoms with van der Waals surface area (Å²) < 4.78 is 0. The SMILES string of the molecule is CCc1cccc(NC(=O)CSC2=C(C#N)C(c3ccc(-c4ccccc4)s3)C(C(=O)Nc3ccccc3)=C(C)N2)c1. The number of para-hydroxylation sites is 1. The zero-order chi connectivity index (χ0) is 29.5. The molecule has 1 aliphatic rings. The first-order valence-corrected chi connectivity index (χ1v) is 15.4. The molecule has 8 heteroatoms. The molecule has 2 heterocycles. The molecule has 0 saturated heterocycles. The monoisotopic (exact) mass is 590 g/mol.